The van der Waals surface area contributed by atoms with Gasteiger partial charge >= 0.3 is 0 Å². The highest BCUT2D eigenvalue weighted by Gasteiger charge is 2.32. The minimum Gasteiger partial charge on any atom is -0.369 e. The second-order valence-electron chi connectivity index (χ2n) is 8.64. The van der Waals surface area contributed by atoms with Gasteiger partial charge in [0.2, 0.25) is 0 Å². The smallest absolute Gasteiger partial charge is 0.191 e. The molecule has 1 saturated carbocycles. The second kappa shape index (κ2) is 11.2. The van der Waals surface area contributed by atoms with Crippen LogP contribution >= 0.6 is 35.6 Å². The van der Waals surface area contributed by atoms with Crippen molar-refractivity contribution in [2.45, 2.75) is 44.3 Å². The summed E-state index contributed by atoms with van der Waals surface area (Å²) < 4.78 is 0. The quantitative estimate of drug-likeness (QED) is 0.338. The van der Waals surface area contributed by atoms with Crippen LogP contribution in [0.2, 0.25) is 5.02 Å². The Kier molecular flexibility index (Phi) is 8.92. The van der Waals surface area contributed by atoms with Gasteiger partial charge in [0.1, 0.15) is 0 Å². The normalized spacial score (nSPS) is 22.0. The minimum absolute atomic E-state index is 0. The largest absolute Gasteiger partial charge is 0.369 e. The second-order valence-corrected chi connectivity index (χ2v) is 9.05. The highest BCUT2D eigenvalue weighted by atomic mass is 127. The third-order valence-electron chi connectivity index (χ3n) is 6.53. The summed E-state index contributed by atoms with van der Waals surface area (Å²) in [7, 11) is 4.03. The van der Waals surface area contributed by atoms with E-state index in [0.717, 1.165) is 48.8 Å². The molecule has 2 saturated heterocycles. The first-order valence-corrected chi connectivity index (χ1v) is 11.4. The molecule has 8 heteroatoms. The Bertz CT molecular complexity index is 710. The molecule has 2 heterocycles. The van der Waals surface area contributed by atoms with Crippen LogP contribution in [0, 0.1) is 0 Å². The minimum atomic E-state index is 0. The number of piperidine rings is 1. The van der Waals surface area contributed by atoms with Gasteiger partial charge in [-0.3, -0.25) is 4.99 Å². The van der Waals surface area contributed by atoms with E-state index in [2.05, 4.69) is 49.5 Å². The van der Waals surface area contributed by atoms with Crippen molar-refractivity contribution in [1.29, 1.82) is 0 Å². The number of hydrogen-bond donors (Lipinski definition) is 2. The standard InChI is InChI=1S/C22H35ClN6.HI/c1-24-22(26-17-8-10-28(11-9-17)18-6-7-18)25-16-19-20(23)4-3-5-21(19)29-14-12-27(2)13-15-29;/h3-5,17-18H,6-16H2,1-2H3,(H2,24,25,26);1H. The molecule has 6 nitrogen and oxygen atoms in total. The van der Waals surface area contributed by atoms with E-state index in [-0.39, 0.29) is 24.0 Å². The first kappa shape index (κ1) is 23.9. The van der Waals surface area contributed by atoms with Gasteiger partial charge in [-0.2, -0.15) is 0 Å². The van der Waals surface area contributed by atoms with Gasteiger partial charge in [0, 0.05) is 81.2 Å². The maximum atomic E-state index is 6.60. The number of likely N-dealkylation sites (tertiary alicyclic amines) is 1. The molecule has 168 valence electrons. The van der Waals surface area contributed by atoms with Crippen molar-refractivity contribution in [2.24, 2.45) is 4.99 Å². The zero-order valence-corrected chi connectivity index (χ0v) is 21.3. The molecule has 0 bridgehead atoms. The van der Waals surface area contributed by atoms with Crippen molar-refractivity contribution in [3.05, 3.63) is 28.8 Å². The SMILES string of the molecule is CN=C(NCc1c(Cl)cccc1N1CCN(C)CC1)NC1CCN(C2CC2)CC1.I. The molecule has 3 aliphatic rings. The number of hydrogen-bond acceptors (Lipinski definition) is 4. The van der Waals surface area contributed by atoms with Crippen molar-refractivity contribution in [1.82, 2.24) is 20.4 Å². The predicted molar refractivity (Wildman–Crippen MR) is 138 cm³/mol. The van der Waals surface area contributed by atoms with Gasteiger partial charge in [-0.05, 0) is 44.9 Å². The van der Waals surface area contributed by atoms with E-state index in [0.29, 0.717) is 12.6 Å². The Balaban J connectivity index is 0.00000256. The fraction of sp³-hybridized carbons (Fsp3) is 0.682. The molecule has 2 N–H and O–H groups in total. The molecule has 4 rings (SSSR count). The molecule has 1 aromatic carbocycles. The molecule has 1 aromatic rings. The van der Waals surface area contributed by atoms with Crippen LogP contribution in [0.1, 0.15) is 31.2 Å². The maximum Gasteiger partial charge on any atom is 0.191 e. The fourth-order valence-electron chi connectivity index (χ4n) is 4.47. The number of nitrogens with zero attached hydrogens (tertiary/aromatic N) is 4. The number of benzene rings is 1. The van der Waals surface area contributed by atoms with Gasteiger partial charge in [-0.15, -0.1) is 24.0 Å². The van der Waals surface area contributed by atoms with Gasteiger partial charge in [-0.1, -0.05) is 17.7 Å². The number of nitrogens with one attached hydrogen (secondary N) is 2. The summed E-state index contributed by atoms with van der Waals surface area (Å²) >= 11 is 6.60. The maximum absolute atomic E-state index is 6.60. The Labute approximate surface area is 203 Å². The summed E-state index contributed by atoms with van der Waals surface area (Å²) in [5.74, 6) is 0.874. The lowest BCUT2D eigenvalue weighted by molar-refractivity contribution is 0.197. The van der Waals surface area contributed by atoms with Crippen LogP contribution < -0.4 is 15.5 Å². The Morgan fingerprint density at radius 1 is 1.07 bits per heavy atom. The molecule has 1 aliphatic carbocycles. The molecule has 0 radical (unpaired) electrons. The average molecular weight is 547 g/mol. The van der Waals surface area contributed by atoms with E-state index in [9.17, 15) is 0 Å². The summed E-state index contributed by atoms with van der Waals surface area (Å²) in [6.07, 6.45) is 5.18. The van der Waals surface area contributed by atoms with Crippen LogP contribution in [0.3, 0.4) is 0 Å². The Morgan fingerprint density at radius 3 is 2.40 bits per heavy atom. The van der Waals surface area contributed by atoms with Crippen LogP contribution in [-0.4, -0.2) is 81.2 Å². The van der Waals surface area contributed by atoms with E-state index in [4.69, 9.17) is 11.6 Å². The molecule has 2 aliphatic heterocycles. The third kappa shape index (κ3) is 6.14. The molecule has 0 aromatic heterocycles. The van der Waals surface area contributed by atoms with Crippen LogP contribution in [0.15, 0.2) is 23.2 Å². The third-order valence-corrected chi connectivity index (χ3v) is 6.88. The summed E-state index contributed by atoms with van der Waals surface area (Å²) in [6.45, 7) is 7.34. The van der Waals surface area contributed by atoms with Crippen LogP contribution in [-0.2, 0) is 6.54 Å². The van der Waals surface area contributed by atoms with Crippen LogP contribution in [0.25, 0.3) is 0 Å². The van der Waals surface area contributed by atoms with Crippen LogP contribution in [0.5, 0.6) is 0 Å². The molecule has 0 amide bonds. The molecule has 0 atom stereocenters. The molecule has 30 heavy (non-hydrogen) atoms. The van der Waals surface area contributed by atoms with Crippen molar-refractivity contribution in [3.8, 4) is 0 Å². The highest BCUT2D eigenvalue weighted by Crippen LogP contribution is 2.30. The topological polar surface area (TPSA) is 46.1 Å². The molecular formula is C22H36ClIN6. The van der Waals surface area contributed by atoms with E-state index < -0.39 is 0 Å². The van der Waals surface area contributed by atoms with E-state index in [1.807, 2.05) is 13.1 Å². The Hall–Kier alpha value is -0.770. The van der Waals surface area contributed by atoms with Gasteiger partial charge in [0.25, 0.3) is 0 Å². The summed E-state index contributed by atoms with van der Waals surface area (Å²) in [6, 6.07) is 7.61. The van der Waals surface area contributed by atoms with E-state index >= 15 is 0 Å². The summed E-state index contributed by atoms with van der Waals surface area (Å²) in [4.78, 5) is 11.9. The molecule has 0 unspecified atom stereocenters. The van der Waals surface area contributed by atoms with Gasteiger partial charge < -0.3 is 25.3 Å². The first-order valence-electron chi connectivity index (χ1n) is 11.1. The van der Waals surface area contributed by atoms with Gasteiger partial charge in [0.15, 0.2) is 5.96 Å². The molecule has 3 fully saturated rings. The van der Waals surface area contributed by atoms with Crippen molar-refractivity contribution >= 4 is 47.2 Å². The fourth-order valence-corrected chi connectivity index (χ4v) is 4.71. The van der Waals surface area contributed by atoms with E-state index in [1.165, 1.54) is 44.5 Å². The zero-order chi connectivity index (χ0) is 20.2. The lowest BCUT2D eigenvalue weighted by Crippen LogP contribution is -2.49. The lowest BCUT2D eigenvalue weighted by Gasteiger charge is -2.35. The number of anilines is 1. The van der Waals surface area contributed by atoms with Gasteiger partial charge in [0.05, 0.1) is 0 Å². The van der Waals surface area contributed by atoms with Crippen molar-refractivity contribution in [2.75, 3.05) is 58.3 Å². The first-order chi connectivity index (χ1) is 14.1. The Morgan fingerprint density at radius 2 is 1.77 bits per heavy atom. The number of likely N-dealkylation sites (N-methyl/N-ethyl adjacent to an activating group) is 1. The predicted octanol–water partition coefficient (Wildman–Crippen LogP) is 3.00. The zero-order valence-electron chi connectivity index (χ0n) is 18.2. The van der Waals surface area contributed by atoms with Gasteiger partial charge in [-0.25, -0.2) is 0 Å². The van der Waals surface area contributed by atoms with Crippen molar-refractivity contribution in [3.63, 3.8) is 0 Å². The summed E-state index contributed by atoms with van der Waals surface area (Å²) in [5, 5.41) is 7.96. The number of piperazine rings is 1. The van der Waals surface area contributed by atoms with Crippen molar-refractivity contribution < 1.29 is 0 Å². The number of guanidine groups is 1. The average Bonchev–Trinajstić information content (AvgIpc) is 3.58. The number of halogens is 2. The lowest BCUT2D eigenvalue weighted by atomic mass is 10.1. The summed E-state index contributed by atoms with van der Waals surface area (Å²) in [5.41, 5.74) is 2.40. The molecule has 0 spiro atoms. The van der Waals surface area contributed by atoms with E-state index in [1.54, 1.807) is 0 Å². The number of aliphatic imine (C=N–C) groups is 1. The monoisotopic (exact) mass is 546 g/mol. The van der Waals surface area contributed by atoms with Crippen LogP contribution in [0.4, 0.5) is 5.69 Å². The molecular weight excluding hydrogens is 511 g/mol. The highest BCUT2D eigenvalue weighted by molar-refractivity contribution is 14.0. The number of rotatable bonds is 5.